The minimum atomic E-state index is -0.119. The summed E-state index contributed by atoms with van der Waals surface area (Å²) in [5.74, 6) is 1.12. The molecule has 1 N–H and O–H groups in total. The summed E-state index contributed by atoms with van der Waals surface area (Å²) in [4.78, 5) is 11.9. The lowest BCUT2D eigenvalue weighted by Gasteiger charge is -2.14. The van der Waals surface area contributed by atoms with Gasteiger partial charge in [0.15, 0.2) is 11.5 Å². The SMILES string of the molecule is CCCOc1c(Br)cc(C(=O)NCC)cc1OCC. The molecule has 106 valence electrons. The van der Waals surface area contributed by atoms with Crippen molar-refractivity contribution in [1.29, 1.82) is 0 Å². The Labute approximate surface area is 122 Å². The molecule has 0 aromatic heterocycles. The largest absolute Gasteiger partial charge is 0.490 e. The van der Waals surface area contributed by atoms with Gasteiger partial charge in [-0.1, -0.05) is 6.92 Å². The number of ether oxygens (including phenoxy) is 2. The molecule has 0 aliphatic rings. The molecule has 0 aliphatic heterocycles. The second kappa shape index (κ2) is 8.04. The molecule has 1 amide bonds. The van der Waals surface area contributed by atoms with E-state index in [1.807, 2.05) is 20.8 Å². The Morgan fingerprint density at radius 3 is 2.58 bits per heavy atom. The fraction of sp³-hybridized carbons (Fsp3) is 0.500. The van der Waals surface area contributed by atoms with Gasteiger partial charge >= 0.3 is 0 Å². The first-order valence-corrected chi connectivity index (χ1v) is 7.30. The fourth-order valence-corrected chi connectivity index (χ4v) is 2.13. The van der Waals surface area contributed by atoms with E-state index in [1.165, 1.54) is 0 Å². The van der Waals surface area contributed by atoms with Crippen molar-refractivity contribution in [3.8, 4) is 11.5 Å². The van der Waals surface area contributed by atoms with Crippen LogP contribution in [0.5, 0.6) is 11.5 Å². The minimum absolute atomic E-state index is 0.119. The van der Waals surface area contributed by atoms with Crippen molar-refractivity contribution in [3.63, 3.8) is 0 Å². The second-order valence-corrected chi connectivity index (χ2v) is 4.78. The molecule has 0 saturated carbocycles. The molecule has 0 bridgehead atoms. The van der Waals surface area contributed by atoms with Gasteiger partial charge in [-0.2, -0.15) is 0 Å². The van der Waals surface area contributed by atoms with Crippen LogP contribution in [0.25, 0.3) is 0 Å². The molecule has 0 radical (unpaired) electrons. The molecule has 1 rings (SSSR count). The maximum Gasteiger partial charge on any atom is 0.251 e. The molecule has 0 saturated heterocycles. The van der Waals surface area contributed by atoms with Crippen LogP contribution in [0, 0.1) is 0 Å². The van der Waals surface area contributed by atoms with Gasteiger partial charge in [-0.15, -0.1) is 0 Å². The summed E-state index contributed by atoms with van der Waals surface area (Å²) in [7, 11) is 0. The standard InChI is InChI=1S/C14H20BrNO3/c1-4-7-19-13-11(15)8-10(14(17)16-5-2)9-12(13)18-6-3/h8-9H,4-7H2,1-3H3,(H,16,17). The lowest BCUT2D eigenvalue weighted by Crippen LogP contribution is -2.22. The summed E-state index contributed by atoms with van der Waals surface area (Å²) in [6.45, 7) is 7.55. The topological polar surface area (TPSA) is 47.6 Å². The van der Waals surface area contributed by atoms with Crippen LogP contribution in [0.15, 0.2) is 16.6 Å². The molecule has 19 heavy (non-hydrogen) atoms. The molecule has 5 heteroatoms. The summed E-state index contributed by atoms with van der Waals surface area (Å²) in [6.07, 6.45) is 0.913. The zero-order chi connectivity index (χ0) is 14.3. The van der Waals surface area contributed by atoms with Gasteiger partial charge < -0.3 is 14.8 Å². The summed E-state index contributed by atoms with van der Waals surface area (Å²) < 4.78 is 11.9. The van der Waals surface area contributed by atoms with Gasteiger partial charge in [-0.3, -0.25) is 4.79 Å². The van der Waals surface area contributed by atoms with Crippen molar-refractivity contribution in [1.82, 2.24) is 5.32 Å². The third kappa shape index (κ3) is 4.42. The third-order valence-corrected chi connectivity index (χ3v) is 2.95. The number of carbonyl (C=O) groups is 1. The second-order valence-electron chi connectivity index (χ2n) is 3.93. The molecule has 0 aliphatic carbocycles. The zero-order valence-electron chi connectivity index (χ0n) is 11.6. The Morgan fingerprint density at radius 2 is 2.00 bits per heavy atom. The average Bonchev–Trinajstić information content (AvgIpc) is 2.38. The molecular weight excluding hydrogens is 310 g/mol. The van der Waals surface area contributed by atoms with E-state index in [2.05, 4.69) is 21.2 Å². The number of carbonyl (C=O) groups excluding carboxylic acids is 1. The number of rotatable bonds is 7. The van der Waals surface area contributed by atoms with Crippen molar-refractivity contribution in [2.45, 2.75) is 27.2 Å². The first kappa shape index (κ1) is 15.8. The lowest BCUT2D eigenvalue weighted by atomic mass is 10.2. The van der Waals surface area contributed by atoms with E-state index in [0.717, 1.165) is 10.9 Å². The number of halogens is 1. The number of hydrogen-bond donors (Lipinski definition) is 1. The van der Waals surface area contributed by atoms with Crippen molar-refractivity contribution in [2.75, 3.05) is 19.8 Å². The van der Waals surface area contributed by atoms with E-state index in [9.17, 15) is 4.79 Å². The highest BCUT2D eigenvalue weighted by Gasteiger charge is 2.15. The van der Waals surface area contributed by atoms with Crippen LogP contribution >= 0.6 is 15.9 Å². The number of nitrogens with one attached hydrogen (secondary N) is 1. The highest BCUT2D eigenvalue weighted by Crippen LogP contribution is 2.37. The first-order valence-electron chi connectivity index (χ1n) is 6.51. The summed E-state index contributed by atoms with van der Waals surface area (Å²) in [5.41, 5.74) is 0.557. The van der Waals surface area contributed by atoms with Crippen molar-refractivity contribution in [2.24, 2.45) is 0 Å². The van der Waals surface area contributed by atoms with Gasteiger partial charge in [0, 0.05) is 12.1 Å². The molecule has 1 aromatic carbocycles. The molecule has 4 nitrogen and oxygen atoms in total. The average molecular weight is 330 g/mol. The van der Waals surface area contributed by atoms with Crippen LogP contribution in [0.4, 0.5) is 0 Å². The van der Waals surface area contributed by atoms with E-state index in [-0.39, 0.29) is 5.91 Å². The number of benzene rings is 1. The van der Waals surface area contributed by atoms with E-state index >= 15 is 0 Å². The minimum Gasteiger partial charge on any atom is -0.490 e. The Bertz CT molecular complexity index is 435. The Kier molecular flexibility index (Phi) is 6.70. The van der Waals surface area contributed by atoms with E-state index in [1.54, 1.807) is 12.1 Å². The zero-order valence-corrected chi connectivity index (χ0v) is 13.2. The van der Waals surface area contributed by atoms with Crippen LogP contribution in [-0.4, -0.2) is 25.7 Å². The molecule has 0 spiro atoms. The molecule has 0 heterocycles. The van der Waals surface area contributed by atoms with E-state index in [4.69, 9.17) is 9.47 Å². The third-order valence-electron chi connectivity index (χ3n) is 2.36. The molecule has 0 unspecified atom stereocenters. The maximum absolute atomic E-state index is 11.9. The van der Waals surface area contributed by atoms with E-state index < -0.39 is 0 Å². The predicted molar refractivity (Wildman–Crippen MR) is 79.1 cm³/mol. The highest BCUT2D eigenvalue weighted by molar-refractivity contribution is 9.10. The van der Waals surface area contributed by atoms with Crippen LogP contribution in [0.2, 0.25) is 0 Å². The van der Waals surface area contributed by atoms with Crippen molar-refractivity contribution in [3.05, 3.63) is 22.2 Å². The summed E-state index contributed by atoms with van der Waals surface area (Å²) in [5, 5.41) is 2.76. The molecular formula is C14H20BrNO3. The van der Waals surface area contributed by atoms with Crippen LogP contribution in [-0.2, 0) is 0 Å². The Hall–Kier alpha value is -1.23. The maximum atomic E-state index is 11.9. The van der Waals surface area contributed by atoms with E-state index in [0.29, 0.717) is 36.8 Å². The molecule has 0 atom stereocenters. The van der Waals surface area contributed by atoms with Gasteiger partial charge in [0.05, 0.1) is 17.7 Å². The Balaban J connectivity index is 3.08. The van der Waals surface area contributed by atoms with Gasteiger partial charge in [0.2, 0.25) is 0 Å². The quantitative estimate of drug-likeness (QED) is 0.834. The Morgan fingerprint density at radius 1 is 1.26 bits per heavy atom. The normalized spacial score (nSPS) is 10.1. The van der Waals surface area contributed by atoms with Crippen LogP contribution in [0.1, 0.15) is 37.6 Å². The fourth-order valence-electron chi connectivity index (χ4n) is 1.57. The smallest absolute Gasteiger partial charge is 0.251 e. The molecule has 0 fully saturated rings. The van der Waals surface area contributed by atoms with Crippen LogP contribution < -0.4 is 14.8 Å². The number of amides is 1. The lowest BCUT2D eigenvalue weighted by molar-refractivity contribution is 0.0955. The number of hydrogen-bond acceptors (Lipinski definition) is 3. The predicted octanol–water partition coefficient (Wildman–Crippen LogP) is 3.39. The van der Waals surface area contributed by atoms with Crippen LogP contribution in [0.3, 0.4) is 0 Å². The van der Waals surface area contributed by atoms with Gasteiger partial charge in [-0.25, -0.2) is 0 Å². The summed E-state index contributed by atoms with van der Waals surface area (Å²) >= 11 is 3.43. The highest BCUT2D eigenvalue weighted by atomic mass is 79.9. The molecule has 1 aromatic rings. The van der Waals surface area contributed by atoms with Gasteiger partial charge in [-0.05, 0) is 48.3 Å². The van der Waals surface area contributed by atoms with Gasteiger partial charge in [0.25, 0.3) is 5.91 Å². The van der Waals surface area contributed by atoms with Crippen molar-refractivity contribution < 1.29 is 14.3 Å². The summed E-state index contributed by atoms with van der Waals surface area (Å²) in [6, 6.07) is 3.46. The van der Waals surface area contributed by atoms with Gasteiger partial charge in [0.1, 0.15) is 0 Å². The monoisotopic (exact) mass is 329 g/mol. The first-order chi connectivity index (χ1) is 9.13. The van der Waals surface area contributed by atoms with Crippen molar-refractivity contribution >= 4 is 21.8 Å².